The van der Waals surface area contributed by atoms with E-state index in [4.69, 9.17) is 0 Å². The molecule has 1 unspecified atom stereocenters. The van der Waals surface area contributed by atoms with Crippen LogP contribution in [-0.2, 0) is 11.2 Å². The van der Waals surface area contributed by atoms with Crippen LogP contribution in [0.4, 0.5) is 0 Å². The Labute approximate surface area is 124 Å². The second-order valence-electron chi connectivity index (χ2n) is 5.59. The second kappa shape index (κ2) is 6.24. The monoisotopic (exact) mass is 293 g/mol. The molecule has 4 nitrogen and oxygen atoms in total. The maximum absolute atomic E-state index is 12.6. The van der Waals surface area contributed by atoms with Crippen molar-refractivity contribution < 1.29 is 4.79 Å². The van der Waals surface area contributed by atoms with Crippen LogP contribution in [0.25, 0.3) is 0 Å². The third-order valence-corrected chi connectivity index (χ3v) is 5.37. The Balaban J connectivity index is 1.68. The van der Waals surface area contributed by atoms with Crippen molar-refractivity contribution in [2.45, 2.75) is 25.8 Å². The molecule has 1 aromatic rings. The molecule has 1 fully saturated rings. The molecule has 0 bridgehead atoms. The van der Waals surface area contributed by atoms with Crippen molar-refractivity contribution in [3.8, 4) is 0 Å². The first-order valence-electron chi connectivity index (χ1n) is 7.58. The van der Waals surface area contributed by atoms with Gasteiger partial charge in [0.1, 0.15) is 0 Å². The highest BCUT2D eigenvalue weighted by atomic mass is 32.1. The summed E-state index contributed by atoms with van der Waals surface area (Å²) in [6.07, 6.45) is 2.04. The molecule has 3 heterocycles. The van der Waals surface area contributed by atoms with E-state index < -0.39 is 0 Å². The molecule has 0 radical (unpaired) electrons. The fourth-order valence-corrected chi connectivity index (χ4v) is 4.21. The van der Waals surface area contributed by atoms with Gasteiger partial charge in [0.25, 0.3) is 0 Å². The van der Waals surface area contributed by atoms with Gasteiger partial charge in [-0.05, 0) is 29.9 Å². The van der Waals surface area contributed by atoms with Gasteiger partial charge in [0, 0.05) is 37.6 Å². The molecule has 0 saturated carbocycles. The zero-order valence-corrected chi connectivity index (χ0v) is 12.9. The van der Waals surface area contributed by atoms with Gasteiger partial charge in [-0.15, -0.1) is 11.3 Å². The Morgan fingerprint density at radius 2 is 2.20 bits per heavy atom. The SMILES string of the molecule is CCC1c2ccsc2CCN1C(=O)CN1CCNCC1. The topological polar surface area (TPSA) is 35.6 Å². The molecule has 3 rings (SSSR count). The van der Waals surface area contributed by atoms with Crippen molar-refractivity contribution in [3.63, 3.8) is 0 Å². The number of fused-ring (bicyclic) bond motifs is 1. The van der Waals surface area contributed by atoms with E-state index in [1.54, 1.807) is 0 Å². The Bertz CT molecular complexity index is 467. The molecule has 1 aromatic heterocycles. The molecule has 20 heavy (non-hydrogen) atoms. The lowest BCUT2D eigenvalue weighted by molar-refractivity contribution is -0.135. The summed E-state index contributed by atoms with van der Waals surface area (Å²) < 4.78 is 0. The largest absolute Gasteiger partial charge is 0.334 e. The van der Waals surface area contributed by atoms with Crippen molar-refractivity contribution in [2.24, 2.45) is 0 Å². The van der Waals surface area contributed by atoms with Gasteiger partial charge < -0.3 is 10.2 Å². The van der Waals surface area contributed by atoms with Crippen molar-refractivity contribution in [1.29, 1.82) is 0 Å². The molecule has 0 aromatic carbocycles. The summed E-state index contributed by atoms with van der Waals surface area (Å²) in [5.41, 5.74) is 1.39. The molecule has 0 spiro atoms. The van der Waals surface area contributed by atoms with Gasteiger partial charge in [0.05, 0.1) is 12.6 Å². The van der Waals surface area contributed by atoms with Crippen molar-refractivity contribution in [2.75, 3.05) is 39.3 Å². The number of rotatable bonds is 3. The van der Waals surface area contributed by atoms with Gasteiger partial charge in [0.2, 0.25) is 5.91 Å². The average molecular weight is 293 g/mol. The third kappa shape index (κ3) is 2.75. The molecule has 5 heteroatoms. The van der Waals surface area contributed by atoms with Gasteiger partial charge in [-0.1, -0.05) is 6.92 Å². The standard InChI is InChI=1S/C15H23N3OS/c1-2-13-12-4-10-20-14(12)3-7-18(13)15(19)11-17-8-5-16-6-9-17/h4,10,13,16H,2-3,5-9,11H2,1H3. The highest BCUT2D eigenvalue weighted by Crippen LogP contribution is 2.35. The van der Waals surface area contributed by atoms with E-state index in [-0.39, 0.29) is 0 Å². The second-order valence-corrected chi connectivity index (χ2v) is 6.59. The van der Waals surface area contributed by atoms with Crippen molar-refractivity contribution in [1.82, 2.24) is 15.1 Å². The zero-order chi connectivity index (χ0) is 13.9. The van der Waals surface area contributed by atoms with Gasteiger partial charge >= 0.3 is 0 Å². The Hall–Kier alpha value is -0.910. The van der Waals surface area contributed by atoms with E-state index in [1.807, 2.05) is 11.3 Å². The number of hydrogen-bond acceptors (Lipinski definition) is 4. The Morgan fingerprint density at radius 1 is 1.40 bits per heavy atom. The maximum atomic E-state index is 12.6. The minimum Gasteiger partial charge on any atom is -0.334 e. The lowest BCUT2D eigenvalue weighted by Crippen LogP contribution is -2.50. The van der Waals surface area contributed by atoms with Crippen LogP contribution in [0.1, 0.15) is 29.8 Å². The van der Waals surface area contributed by atoms with E-state index in [0.29, 0.717) is 18.5 Å². The number of piperazine rings is 1. The minimum atomic E-state index is 0.292. The van der Waals surface area contributed by atoms with E-state index in [1.165, 1.54) is 10.4 Å². The fraction of sp³-hybridized carbons (Fsp3) is 0.667. The zero-order valence-electron chi connectivity index (χ0n) is 12.1. The van der Waals surface area contributed by atoms with Gasteiger partial charge in [-0.25, -0.2) is 0 Å². The summed E-state index contributed by atoms with van der Waals surface area (Å²) in [4.78, 5) is 18.5. The minimum absolute atomic E-state index is 0.292. The van der Waals surface area contributed by atoms with Gasteiger partial charge in [-0.3, -0.25) is 9.69 Å². The van der Waals surface area contributed by atoms with Crippen LogP contribution in [0.15, 0.2) is 11.4 Å². The summed E-state index contributed by atoms with van der Waals surface area (Å²) in [6, 6.07) is 2.50. The van der Waals surface area contributed by atoms with Crippen molar-refractivity contribution >= 4 is 17.2 Å². The number of nitrogens with one attached hydrogen (secondary N) is 1. The highest BCUT2D eigenvalue weighted by molar-refractivity contribution is 7.10. The number of carbonyl (C=O) groups is 1. The lowest BCUT2D eigenvalue weighted by Gasteiger charge is -2.37. The molecule has 2 aliphatic rings. The molecule has 2 aliphatic heterocycles. The molecule has 1 saturated heterocycles. The Kier molecular flexibility index (Phi) is 4.38. The molecule has 1 atom stereocenters. The summed E-state index contributed by atoms with van der Waals surface area (Å²) in [6.45, 7) is 7.62. The van der Waals surface area contributed by atoms with Gasteiger partial charge in [-0.2, -0.15) is 0 Å². The molecular formula is C15H23N3OS. The molecule has 110 valence electrons. The van der Waals surface area contributed by atoms with Crippen LogP contribution >= 0.6 is 11.3 Å². The number of carbonyl (C=O) groups excluding carboxylic acids is 1. The molecule has 1 N–H and O–H groups in total. The number of nitrogens with zero attached hydrogens (tertiary/aromatic N) is 2. The quantitative estimate of drug-likeness (QED) is 0.917. The van der Waals surface area contributed by atoms with Crippen LogP contribution in [-0.4, -0.2) is 55.0 Å². The predicted molar refractivity (Wildman–Crippen MR) is 82.1 cm³/mol. The smallest absolute Gasteiger partial charge is 0.237 e. The summed E-state index contributed by atoms with van der Waals surface area (Å²) in [5, 5.41) is 5.50. The van der Waals surface area contributed by atoms with Crippen LogP contribution in [0.2, 0.25) is 0 Å². The number of thiophene rings is 1. The fourth-order valence-electron chi connectivity index (χ4n) is 3.29. The van der Waals surface area contributed by atoms with Crippen LogP contribution < -0.4 is 5.32 Å². The summed E-state index contributed by atoms with van der Waals surface area (Å²) in [5.74, 6) is 0.301. The van der Waals surface area contributed by atoms with E-state index in [0.717, 1.165) is 45.6 Å². The summed E-state index contributed by atoms with van der Waals surface area (Å²) >= 11 is 1.84. The third-order valence-electron chi connectivity index (χ3n) is 4.37. The first-order valence-corrected chi connectivity index (χ1v) is 8.46. The van der Waals surface area contributed by atoms with Crippen LogP contribution in [0, 0.1) is 0 Å². The molecular weight excluding hydrogens is 270 g/mol. The average Bonchev–Trinajstić information content (AvgIpc) is 2.95. The van der Waals surface area contributed by atoms with Crippen LogP contribution in [0.3, 0.4) is 0 Å². The van der Waals surface area contributed by atoms with E-state index >= 15 is 0 Å². The lowest BCUT2D eigenvalue weighted by atomic mass is 9.97. The Morgan fingerprint density at radius 3 is 2.95 bits per heavy atom. The van der Waals surface area contributed by atoms with Gasteiger partial charge in [0.15, 0.2) is 0 Å². The number of hydrogen-bond donors (Lipinski definition) is 1. The normalized spacial score (nSPS) is 23.6. The maximum Gasteiger partial charge on any atom is 0.237 e. The van der Waals surface area contributed by atoms with Crippen molar-refractivity contribution in [3.05, 3.63) is 21.9 Å². The number of amides is 1. The van der Waals surface area contributed by atoms with Crippen LogP contribution in [0.5, 0.6) is 0 Å². The first kappa shape index (κ1) is 14.0. The first-order chi connectivity index (χ1) is 9.79. The highest BCUT2D eigenvalue weighted by Gasteiger charge is 2.30. The summed E-state index contributed by atoms with van der Waals surface area (Å²) in [7, 11) is 0. The molecule has 0 aliphatic carbocycles. The van der Waals surface area contributed by atoms with E-state index in [9.17, 15) is 4.79 Å². The van der Waals surface area contributed by atoms with E-state index in [2.05, 4.69) is 33.5 Å². The molecule has 1 amide bonds. The predicted octanol–water partition coefficient (Wildman–Crippen LogP) is 1.49.